The highest BCUT2D eigenvalue weighted by Gasteiger charge is 2.15. The molecule has 1 amide bonds. The summed E-state index contributed by atoms with van der Waals surface area (Å²) in [6, 6.07) is 5.56. The van der Waals surface area contributed by atoms with E-state index in [4.69, 9.17) is 21.7 Å². The lowest BCUT2D eigenvalue weighted by atomic mass is 10.2. The Morgan fingerprint density at radius 1 is 1.55 bits per heavy atom. The Morgan fingerprint density at radius 3 is 3.05 bits per heavy atom. The molecular weight excluding hydrogens is 368 g/mol. The van der Waals surface area contributed by atoms with Crippen molar-refractivity contribution < 1.29 is 14.3 Å². The summed E-state index contributed by atoms with van der Waals surface area (Å²) in [7, 11) is 0. The Hall–Kier alpha value is -1.18. The smallest absolute Gasteiger partial charge is 0.264 e. The number of thiocarbonyl (C=S) groups is 1. The van der Waals surface area contributed by atoms with Gasteiger partial charge >= 0.3 is 0 Å². The number of hydrogen-bond donors (Lipinski definition) is 2. The van der Waals surface area contributed by atoms with Crippen molar-refractivity contribution in [2.45, 2.75) is 25.9 Å². The van der Waals surface area contributed by atoms with Crippen LogP contribution in [-0.2, 0) is 9.53 Å². The maximum Gasteiger partial charge on any atom is 0.264 e. The fraction of sp³-hybridized carbons (Fsp3) is 0.467. The van der Waals surface area contributed by atoms with Gasteiger partial charge in [0.15, 0.2) is 11.7 Å². The zero-order chi connectivity index (χ0) is 15.9. The molecule has 0 bridgehead atoms. The minimum absolute atomic E-state index is 0.0805. The summed E-state index contributed by atoms with van der Waals surface area (Å²) in [6.45, 7) is 3.29. The van der Waals surface area contributed by atoms with Gasteiger partial charge in [0.05, 0.1) is 6.10 Å². The molecule has 5 nitrogen and oxygen atoms in total. The Balaban J connectivity index is 1.68. The molecule has 2 rings (SSSR count). The Bertz CT molecular complexity index is 548. The lowest BCUT2D eigenvalue weighted by Gasteiger charge is -2.13. The second kappa shape index (κ2) is 8.45. The molecule has 7 heteroatoms. The van der Waals surface area contributed by atoms with Gasteiger partial charge in [-0.3, -0.25) is 4.79 Å². The van der Waals surface area contributed by atoms with Crippen LogP contribution in [0.25, 0.3) is 0 Å². The van der Waals surface area contributed by atoms with E-state index in [1.165, 1.54) is 0 Å². The zero-order valence-corrected chi connectivity index (χ0v) is 14.8. The maximum atomic E-state index is 11.8. The first-order chi connectivity index (χ1) is 10.5. The van der Waals surface area contributed by atoms with Gasteiger partial charge in [-0.25, -0.2) is 0 Å². The fourth-order valence-corrected chi connectivity index (χ4v) is 2.52. The molecule has 0 radical (unpaired) electrons. The number of aryl methyl sites for hydroxylation is 1. The third-order valence-electron chi connectivity index (χ3n) is 3.27. The predicted molar refractivity (Wildman–Crippen MR) is 92.1 cm³/mol. The largest absolute Gasteiger partial charge is 0.484 e. The molecule has 1 aliphatic heterocycles. The molecule has 2 N–H and O–H groups in total. The van der Waals surface area contributed by atoms with Crippen LogP contribution in [0.4, 0.5) is 0 Å². The molecular formula is C15H19BrN2O3S. The highest BCUT2D eigenvalue weighted by molar-refractivity contribution is 9.10. The minimum atomic E-state index is -0.287. The van der Waals surface area contributed by atoms with E-state index >= 15 is 0 Å². The van der Waals surface area contributed by atoms with E-state index in [-0.39, 0.29) is 18.6 Å². The van der Waals surface area contributed by atoms with Crippen molar-refractivity contribution >= 4 is 39.2 Å². The standard InChI is InChI=1S/C15H19BrN2O3S/c1-10-7-11(4-5-13(10)16)21-9-14(19)18-15(22)17-8-12-3-2-6-20-12/h4-5,7,12H,2-3,6,8-9H2,1H3,(H2,17,18,19,22). The first kappa shape index (κ1) is 17.2. The van der Waals surface area contributed by atoms with Crippen LogP contribution in [0.15, 0.2) is 22.7 Å². The summed E-state index contributed by atoms with van der Waals surface area (Å²) in [5, 5.41) is 5.88. The molecule has 120 valence electrons. The summed E-state index contributed by atoms with van der Waals surface area (Å²) in [5.74, 6) is 0.361. The lowest BCUT2D eigenvalue weighted by molar-refractivity contribution is -0.121. The fourth-order valence-electron chi connectivity index (χ4n) is 2.07. The first-order valence-electron chi connectivity index (χ1n) is 7.13. The van der Waals surface area contributed by atoms with Gasteiger partial charge in [-0.15, -0.1) is 0 Å². The molecule has 0 aromatic heterocycles. The molecule has 1 aromatic carbocycles. The Labute approximate surface area is 143 Å². The topological polar surface area (TPSA) is 59.6 Å². The van der Waals surface area contributed by atoms with Gasteiger partial charge in [0.25, 0.3) is 5.91 Å². The van der Waals surface area contributed by atoms with Crippen molar-refractivity contribution in [2.75, 3.05) is 19.8 Å². The molecule has 0 spiro atoms. The number of nitrogens with one attached hydrogen (secondary N) is 2. The van der Waals surface area contributed by atoms with Gasteiger partial charge in [-0.05, 0) is 55.7 Å². The van der Waals surface area contributed by atoms with Crippen molar-refractivity contribution in [3.8, 4) is 5.75 Å². The number of rotatable bonds is 5. The number of hydrogen-bond acceptors (Lipinski definition) is 4. The molecule has 22 heavy (non-hydrogen) atoms. The van der Waals surface area contributed by atoms with Crippen molar-refractivity contribution in [3.05, 3.63) is 28.2 Å². The van der Waals surface area contributed by atoms with Crippen LogP contribution >= 0.6 is 28.1 Å². The van der Waals surface area contributed by atoms with E-state index in [1.54, 1.807) is 6.07 Å². The Kier molecular flexibility index (Phi) is 6.60. The third kappa shape index (κ3) is 5.55. The van der Waals surface area contributed by atoms with Crippen molar-refractivity contribution in [1.82, 2.24) is 10.6 Å². The van der Waals surface area contributed by atoms with Gasteiger partial charge in [0.2, 0.25) is 0 Å². The van der Waals surface area contributed by atoms with Crippen molar-refractivity contribution in [3.63, 3.8) is 0 Å². The Morgan fingerprint density at radius 2 is 2.36 bits per heavy atom. The second-order valence-corrected chi connectivity index (χ2v) is 6.36. The number of carbonyl (C=O) groups is 1. The highest BCUT2D eigenvalue weighted by Crippen LogP contribution is 2.21. The van der Waals surface area contributed by atoms with Crippen molar-refractivity contribution in [2.24, 2.45) is 0 Å². The van der Waals surface area contributed by atoms with Gasteiger partial charge in [0, 0.05) is 17.6 Å². The SMILES string of the molecule is Cc1cc(OCC(=O)NC(=S)NCC2CCCO2)ccc1Br. The second-order valence-electron chi connectivity index (χ2n) is 5.09. The average Bonchev–Trinajstić information content (AvgIpc) is 3.00. The molecule has 1 fully saturated rings. The van der Waals surface area contributed by atoms with Crippen molar-refractivity contribution in [1.29, 1.82) is 0 Å². The highest BCUT2D eigenvalue weighted by atomic mass is 79.9. The number of benzene rings is 1. The van der Waals surface area contributed by atoms with E-state index in [1.807, 2.05) is 19.1 Å². The monoisotopic (exact) mass is 386 g/mol. The number of ether oxygens (including phenoxy) is 2. The van der Waals surface area contributed by atoms with Gasteiger partial charge in [-0.1, -0.05) is 15.9 Å². The number of carbonyl (C=O) groups excluding carboxylic acids is 1. The summed E-state index contributed by atoms with van der Waals surface area (Å²) >= 11 is 8.49. The quantitative estimate of drug-likeness (QED) is 0.760. The van der Waals surface area contributed by atoms with Crippen LogP contribution in [0.5, 0.6) is 5.75 Å². The van der Waals surface area contributed by atoms with E-state index in [0.29, 0.717) is 17.4 Å². The average molecular weight is 387 g/mol. The van der Waals surface area contributed by atoms with Gasteiger partial charge < -0.3 is 20.1 Å². The summed E-state index contributed by atoms with van der Waals surface area (Å²) in [5.41, 5.74) is 1.05. The van der Waals surface area contributed by atoms with E-state index in [2.05, 4.69) is 26.6 Å². The summed E-state index contributed by atoms with van der Waals surface area (Å²) in [4.78, 5) is 11.8. The minimum Gasteiger partial charge on any atom is -0.484 e. The maximum absolute atomic E-state index is 11.8. The normalized spacial score (nSPS) is 17.1. The molecule has 0 saturated carbocycles. The predicted octanol–water partition coefficient (Wildman–Crippen LogP) is 2.31. The molecule has 1 aliphatic rings. The summed E-state index contributed by atoms with van der Waals surface area (Å²) in [6.07, 6.45) is 2.28. The van der Waals surface area contributed by atoms with Crippen LogP contribution in [0.1, 0.15) is 18.4 Å². The molecule has 0 aliphatic carbocycles. The lowest BCUT2D eigenvalue weighted by Crippen LogP contribution is -2.43. The molecule has 1 atom stereocenters. The van der Waals surface area contributed by atoms with Gasteiger partial charge in [0.1, 0.15) is 5.75 Å². The third-order valence-corrected chi connectivity index (χ3v) is 4.40. The van der Waals surface area contributed by atoms with Gasteiger partial charge in [-0.2, -0.15) is 0 Å². The number of halogens is 1. The van der Waals surface area contributed by atoms with E-state index in [9.17, 15) is 4.79 Å². The molecule has 1 heterocycles. The zero-order valence-electron chi connectivity index (χ0n) is 12.4. The van der Waals surface area contributed by atoms with E-state index in [0.717, 1.165) is 29.5 Å². The van der Waals surface area contributed by atoms with Crippen LogP contribution in [-0.4, -0.2) is 36.9 Å². The van der Waals surface area contributed by atoms with E-state index < -0.39 is 0 Å². The van der Waals surface area contributed by atoms with Crippen LogP contribution < -0.4 is 15.4 Å². The first-order valence-corrected chi connectivity index (χ1v) is 8.33. The van der Waals surface area contributed by atoms with Crippen LogP contribution in [0.3, 0.4) is 0 Å². The number of amides is 1. The molecule has 1 unspecified atom stereocenters. The van der Waals surface area contributed by atoms with Crippen LogP contribution in [0.2, 0.25) is 0 Å². The van der Waals surface area contributed by atoms with Crippen LogP contribution in [0, 0.1) is 6.92 Å². The molecule has 1 aromatic rings. The summed E-state index contributed by atoms with van der Waals surface area (Å²) < 4.78 is 11.9. The molecule has 1 saturated heterocycles.